The van der Waals surface area contributed by atoms with Gasteiger partial charge in [0.1, 0.15) is 0 Å². The summed E-state index contributed by atoms with van der Waals surface area (Å²) in [6, 6.07) is 18.3. The molecule has 0 unspecified atom stereocenters. The van der Waals surface area contributed by atoms with Crippen molar-refractivity contribution in [3.63, 3.8) is 0 Å². The number of hydrogen-bond acceptors (Lipinski definition) is 2. The number of carbonyl (C=O) groups is 1. The van der Waals surface area contributed by atoms with E-state index in [1.807, 2.05) is 60.0 Å². The highest BCUT2D eigenvalue weighted by Gasteiger charge is 2.08. The summed E-state index contributed by atoms with van der Waals surface area (Å²) >= 11 is 1.83. The molecule has 0 spiro atoms. The molecule has 0 aliphatic carbocycles. The molecular formula is C19H21NOS. The Labute approximate surface area is 135 Å². The second kappa shape index (κ2) is 8.35. The number of rotatable bonds is 4. The van der Waals surface area contributed by atoms with Crippen molar-refractivity contribution >= 4 is 17.1 Å². The van der Waals surface area contributed by atoms with Crippen molar-refractivity contribution in [1.29, 1.82) is 0 Å². The number of benzene rings is 1. The Morgan fingerprint density at radius 1 is 1.00 bits per heavy atom. The summed E-state index contributed by atoms with van der Waals surface area (Å²) in [7, 11) is 0. The summed E-state index contributed by atoms with van der Waals surface area (Å²) in [6.45, 7) is 3.72. The number of ketones is 1. The molecule has 1 N–H and O–H groups in total. The van der Waals surface area contributed by atoms with Gasteiger partial charge in [-0.25, -0.2) is 0 Å². The molecule has 3 rings (SSSR count). The highest BCUT2D eigenvalue weighted by Crippen LogP contribution is 2.18. The van der Waals surface area contributed by atoms with Gasteiger partial charge in [0.15, 0.2) is 5.78 Å². The van der Waals surface area contributed by atoms with Crippen LogP contribution in [0.1, 0.15) is 32.7 Å². The minimum Gasteiger partial charge on any atom is -0.359 e. The van der Waals surface area contributed by atoms with Crippen molar-refractivity contribution < 1.29 is 4.79 Å². The predicted octanol–water partition coefficient (Wildman–Crippen LogP) is 5.06. The standard InChI is InChI=1S/C13H15NOS.C6H6/c1-9-3-5-12(16-9)6-4-11-7-8-14-13(11)10(2)15;1-2-4-6-5-3-1/h3,5,7-8,14H,4,6H2,1-2H3;1-6H. The van der Waals surface area contributed by atoms with Crippen molar-refractivity contribution in [2.75, 3.05) is 0 Å². The molecule has 3 heteroatoms. The van der Waals surface area contributed by atoms with Crippen LogP contribution in [0.2, 0.25) is 0 Å². The molecule has 3 aromatic rings. The molecule has 0 atom stereocenters. The van der Waals surface area contributed by atoms with Crippen LogP contribution in [0.3, 0.4) is 0 Å². The van der Waals surface area contributed by atoms with Crippen LogP contribution >= 0.6 is 11.3 Å². The first-order valence-electron chi connectivity index (χ1n) is 7.39. The Morgan fingerprint density at radius 3 is 2.14 bits per heavy atom. The van der Waals surface area contributed by atoms with E-state index in [0.29, 0.717) is 0 Å². The SMILES string of the molecule is CC(=O)c1[nH]ccc1CCc1ccc(C)s1.c1ccccc1. The van der Waals surface area contributed by atoms with Crippen molar-refractivity contribution in [3.8, 4) is 0 Å². The average molecular weight is 311 g/mol. The Morgan fingerprint density at radius 2 is 1.64 bits per heavy atom. The second-order valence-corrected chi connectivity index (χ2v) is 6.47. The van der Waals surface area contributed by atoms with Crippen LogP contribution in [0, 0.1) is 6.92 Å². The van der Waals surface area contributed by atoms with Crippen LogP contribution in [0.25, 0.3) is 0 Å². The maximum absolute atomic E-state index is 11.3. The molecule has 2 heterocycles. The van der Waals surface area contributed by atoms with Crippen LogP contribution in [0.4, 0.5) is 0 Å². The van der Waals surface area contributed by atoms with E-state index in [9.17, 15) is 4.79 Å². The van der Waals surface area contributed by atoms with Crippen LogP contribution in [0.5, 0.6) is 0 Å². The first-order valence-corrected chi connectivity index (χ1v) is 8.21. The van der Waals surface area contributed by atoms with Gasteiger partial charge >= 0.3 is 0 Å². The zero-order valence-electron chi connectivity index (χ0n) is 13.0. The minimum absolute atomic E-state index is 0.113. The van der Waals surface area contributed by atoms with Gasteiger partial charge in [-0.3, -0.25) is 4.79 Å². The number of thiophene rings is 1. The van der Waals surface area contributed by atoms with E-state index < -0.39 is 0 Å². The Balaban J connectivity index is 0.000000246. The zero-order valence-corrected chi connectivity index (χ0v) is 13.8. The summed E-state index contributed by atoms with van der Waals surface area (Å²) in [5, 5.41) is 0. The van der Waals surface area contributed by atoms with E-state index in [2.05, 4.69) is 24.0 Å². The summed E-state index contributed by atoms with van der Waals surface area (Å²) in [5.41, 5.74) is 1.88. The molecule has 2 nitrogen and oxygen atoms in total. The van der Waals surface area contributed by atoms with Crippen LogP contribution in [-0.4, -0.2) is 10.8 Å². The molecule has 22 heavy (non-hydrogen) atoms. The van der Waals surface area contributed by atoms with Gasteiger partial charge in [0, 0.05) is 22.9 Å². The van der Waals surface area contributed by atoms with E-state index in [0.717, 1.165) is 24.1 Å². The zero-order chi connectivity index (χ0) is 15.8. The average Bonchev–Trinajstić information content (AvgIpc) is 3.16. The number of aromatic amines is 1. The van der Waals surface area contributed by atoms with Gasteiger partial charge in [-0.05, 0) is 43.5 Å². The lowest BCUT2D eigenvalue weighted by atomic mass is 10.1. The molecule has 0 aliphatic heterocycles. The Hall–Kier alpha value is -2.13. The maximum atomic E-state index is 11.3. The lowest BCUT2D eigenvalue weighted by Crippen LogP contribution is -1.99. The quantitative estimate of drug-likeness (QED) is 0.671. The fraction of sp³-hybridized carbons (Fsp3) is 0.211. The van der Waals surface area contributed by atoms with Crippen molar-refractivity contribution in [2.24, 2.45) is 0 Å². The molecule has 0 aliphatic rings. The van der Waals surface area contributed by atoms with Crippen molar-refractivity contribution in [3.05, 3.63) is 81.8 Å². The smallest absolute Gasteiger partial charge is 0.176 e. The van der Waals surface area contributed by atoms with Gasteiger partial charge < -0.3 is 4.98 Å². The van der Waals surface area contributed by atoms with E-state index in [1.54, 1.807) is 6.92 Å². The van der Waals surface area contributed by atoms with Crippen LogP contribution < -0.4 is 0 Å². The lowest BCUT2D eigenvalue weighted by molar-refractivity contribution is 0.101. The number of aromatic nitrogens is 1. The van der Waals surface area contributed by atoms with E-state index in [4.69, 9.17) is 0 Å². The highest BCUT2D eigenvalue weighted by molar-refractivity contribution is 7.11. The van der Waals surface area contributed by atoms with Crippen LogP contribution in [-0.2, 0) is 12.8 Å². The van der Waals surface area contributed by atoms with Crippen molar-refractivity contribution in [1.82, 2.24) is 4.98 Å². The first-order chi connectivity index (χ1) is 10.7. The number of Topliss-reactive ketones (excluding diaryl/α,β-unsaturated/α-hetero) is 1. The normalized spacial score (nSPS) is 9.91. The van der Waals surface area contributed by atoms with Crippen molar-refractivity contribution in [2.45, 2.75) is 26.7 Å². The van der Waals surface area contributed by atoms with Gasteiger partial charge in [-0.1, -0.05) is 36.4 Å². The molecule has 0 saturated carbocycles. The lowest BCUT2D eigenvalue weighted by Gasteiger charge is -1.99. The fourth-order valence-corrected chi connectivity index (χ4v) is 3.09. The molecule has 114 valence electrons. The third kappa shape index (κ3) is 5.01. The molecule has 0 saturated heterocycles. The maximum Gasteiger partial charge on any atom is 0.176 e. The monoisotopic (exact) mass is 311 g/mol. The molecule has 0 radical (unpaired) electrons. The number of H-pyrrole nitrogens is 1. The fourth-order valence-electron chi connectivity index (χ4n) is 2.20. The molecule has 1 aromatic carbocycles. The predicted molar refractivity (Wildman–Crippen MR) is 93.7 cm³/mol. The molecular weight excluding hydrogens is 290 g/mol. The topological polar surface area (TPSA) is 32.9 Å². The van der Waals surface area contributed by atoms with Gasteiger partial charge in [-0.2, -0.15) is 0 Å². The van der Waals surface area contributed by atoms with E-state index in [-0.39, 0.29) is 5.78 Å². The third-order valence-corrected chi connectivity index (χ3v) is 4.35. The summed E-state index contributed by atoms with van der Waals surface area (Å²) in [4.78, 5) is 17.0. The summed E-state index contributed by atoms with van der Waals surface area (Å²) in [5.74, 6) is 0.113. The molecule has 0 amide bonds. The Kier molecular flexibility index (Phi) is 6.16. The van der Waals surface area contributed by atoms with Crippen LogP contribution in [0.15, 0.2) is 60.8 Å². The summed E-state index contributed by atoms with van der Waals surface area (Å²) < 4.78 is 0. The van der Waals surface area contributed by atoms with Gasteiger partial charge in [0.05, 0.1) is 5.69 Å². The van der Waals surface area contributed by atoms with Gasteiger partial charge in [0.2, 0.25) is 0 Å². The highest BCUT2D eigenvalue weighted by atomic mass is 32.1. The van der Waals surface area contributed by atoms with E-state index >= 15 is 0 Å². The number of carbonyl (C=O) groups excluding carboxylic acids is 1. The van der Waals surface area contributed by atoms with E-state index in [1.165, 1.54) is 9.75 Å². The molecule has 2 aromatic heterocycles. The van der Waals surface area contributed by atoms with Gasteiger partial charge in [0.25, 0.3) is 0 Å². The van der Waals surface area contributed by atoms with Gasteiger partial charge in [-0.15, -0.1) is 11.3 Å². The largest absolute Gasteiger partial charge is 0.359 e. The number of nitrogens with one attached hydrogen (secondary N) is 1. The second-order valence-electron chi connectivity index (χ2n) is 5.10. The minimum atomic E-state index is 0.113. The first kappa shape index (κ1) is 16.2. The molecule has 0 bridgehead atoms. The Bertz CT molecular complexity index is 670. The number of hydrogen-bond donors (Lipinski definition) is 1. The summed E-state index contributed by atoms with van der Waals surface area (Å²) in [6.07, 6.45) is 3.78. The molecule has 0 fully saturated rings. The number of aryl methyl sites for hydroxylation is 3. The third-order valence-electron chi connectivity index (χ3n) is 3.29.